The molecule has 1 unspecified atom stereocenters. The largest absolute Gasteiger partial charge is 0.508 e. The zero-order valence-corrected chi connectivity index (χ0v) is 12.8. The maximum Gasteiger partial charge on any atom is 0.115 e. The fourth-order valence-electron chi connectivity index (χ4n) is 3.42. The highest BCUT2D eigenvalue weighted by molar-refractivity contribution is 5.31. The monoisotopic (exact) mass is 284 g/mol. The van der Waals surface area contributed by atoms with Gasteiger partial charge in [-0.15, -0.1) is 0 Å². The van der Waals surface area contributed by atoms with Crippen molar-refractivity contribution in [1.82, 2.24) is 4.57 Å². The van der Waals surface area contributed by atoms with Crippen molar-refractivity contribution >= 4 is 0 Å². The fourth-order valence-corrected chi connectivity index (χ4v) is 3.42. The molecule has 0 aliphatic heterocycles. The van der Waals surface area contributed by atoms with Gasteiger partial charge in [0.2, 0.25) is 0 Å². The summed E-state index contributed by atoms with van der Waals surface area (Å²) in [5.74, 6) is 0.324. The summed E-state index contributed by atoms with van der Waals surface area (Å²) < 4.78 is 2.35. The van der Waals surface area contributed by atoms with E-state index >= 15 is 0 Å². The number of hydrogen-bond acceptors (Lipinski definition) is 2. The van der Waals surface area contributed by atoms with Crippen molar-refractivity contribution < 1.29 is 5.11 Å². The third kappa shape index (κ3) is 2.98. The van der Waals surface area contributed by atoms with Crippen molar-refractivity contribution in [2.75, 3.05) is 0 Å². The topological polar surface area (TPSA) is 51.2 Å². The van der Waals surface area contributed by atoms with E-state index in [0.717, 1.165) is 25.8 Å². The lowest BCUT2D eigenvalue weighted by atomic mass is 9.74. The average molecular weight is 284 g/mol. The van der Waals surface area contributed by atoms with Crippen molar-refractivity contribution in [3.63, 3.8) is 0 Å². The molecular formula is C18H24N2O. The molecule has 3 nitrogen and oxygen atoms in total. The summed E-state index contributed by atoms with van der Waals surface area (Å²) in [4.78, 5) is 0. The Hall–Kier alpha value is -1.74. The lowest BCUT2D eigenvalue weighted by Gasteiger charge is -2.34. The normalized spacial score (nSPS) is 20.2. The van der Waals surface area contributed by atoms with Gasteiger partial charge in [-0.3, -0.25) is 0 Å². The van der Waals surface area contributed by atoms with Gasteiger partial charge < -0.3 is 15.4 Å². The minimum absolute atomic E-state index is 0.165. The molecule has 0 radical (unpaired) electrons. The number of aryl methyl sites for hydroxylation is 2. The maximum atomic E-state index is 9.33. The van der Waals surface area contributed by atoms with Crippen LogP contribution in [0.2, 0.25) is 0 Å². The first-order valence-electron chi connectivity index (χ1n) is 7.66. The van der Waals surface area contributed by atoms with Crippen molar-refractivity contribution in [2.24, 2.45) is 11.1 Å². The van der Waals surface area contributed by atoms with E-state index in [2.05, 4.69) is 30.7 Å². The van der Waals surface area contributed by atoms with Crippen LogP contribution in [0.4, 0.5) is 0 Å². The molecule has 1 aromatic carbocycles. The Morgan fingerprint density at radius 1 is 1.24 bits per heavy atom. The van der Waals surface area contributed by atoms with Gasteiger partial charge in [-0.1, -0.05) is 26.0 Å². The average Bonchev–Trinajstić information content (AvgIpc) is 2.80. The number of nitrogens with two attached hydrogens (primary N) is 1. The minimum Gasteiger partial charge on any atom is -0.508 e. The number of aromatic nitrogens is 1. The van der Waals surface area contributed by atoms with Gasteiger partial charge >= 0.3 is 0 Å². The molecule has 0 bridgehead atoms. The van der Waals surface area contributed by atoms with Crippen LogP contribution < -0.4 is 5.73 Å². The zero-order chi connectivity index (χ0) is 15.0. The second-order valence-corrected chi connectivity index (χ2v) is 6.98. The smallest absolute Gasteiger partial charge is 0.115 e. The van der Waals surface area contributed by atoms with Crippen LogP contribution in [0.3, 0.4) is 0 Å². The van der Waals surface area contributed by atoms with Crippen molar-refractivity contribution in [2.45, 2.75) is 45.7 Å². The number of nitrogens with zero attached hydrogens (tertiary/aromatic N) is 1. The second-order valence-electron chi connectivity index (χ2n) is 6.98. The summed E-state index contributed by atoms with van der Waals surface area (Å²) in [7, 11) is 0. The molecule has 0 amide bonds. The van der Waals surface area contributed by atoms with Gasteiger partial charge in [0.1, 0.15) is 5.75 Å². The molecule has 1 aliphatic rings. The predicted molar refractivity (Wildman–Crippen MR) is 85.3 cm³/mol. The second kappa shape index (κ2) is 5.23. The van der Waals surface area contributed by atoms with Crippen LogP contribution >= 0.6 is 0 Å². The lowest BCUT2D eigenvalue weighted by Crippen LogP contribution is -2.30. The van der Waals surface area contributed by atoms with Crippen LogP contribution in [0.25, 0.3) is 0 Å². The van der Waals surface area contributed by atoms with E-state index < -0.39 is 0 Å². The van der Waals surface area contributed by atoms with Crippen LogP contribution in [0.5, 0.6) is 5.75 Å². The summed E-state index contributed by atoms with van der Waals surface area (Å²) in [6, 6.07) is 9.83. The number of aromatic hydroxyl groups is 1. The molecule has 1 atom stereocenters. The summed E-state index contributed by atoms with van der Waals surface area (Å²) in [6.45, 7) is 5.56. The van der Waals surface area contributed by atoms with E-state index in [1.807, 2.05) is 12.1 Å². The highest BCUT2D eigenvalue weighted by Crippen LogP contribution is 2.40. The molecule has 1 heterocycles. The summed E-state index contributed by atoms with van der Waals surface area (Å²) in [5.41, 5.74) is 10.6. The molecule has 3 heteroatoms. The SMILES string of the molecule is CC1(C)Cc2c(ccn2CCc2ccc(O)cc2)C(N)C1. The number of rotatable bonds is 3. The predicted octanol–water partition coefficient (Wildman–Crippen LogP) is 3.41. The van der Waals surface area contributed by atoms with E-state index in [1.54, 1.807) is 12.1 Å². The Morgan fingerprint density at radius 3 is 2.67 bits per heavy atom. The van der Waals surface area contributed by atoms with E-state index in [0.29, 0.717) is 5.75 Å². The number of benzene rings is 1. The molecule has 1 aliphatic carbocycles. The minimum atomic E-state index is 0.165. The van der Waals surface area contributed by atoms with Gasteiger partial charge in [0.25, 0.3) is 0 Å². The van der Waals surface area contributed by atoms with Crippen molar-refractivity contribution in [1.29, 1.82) is 0 Å². The van der Waals surface area contributed by atoms with Crippen LogP contribution in [-0.4, -0.2) is 9.67 Å². The lowest BCUT2D eigenvalue weighted by molar-refractivity contribution is 0.275. The van der Waals surface area contributed by atoms with Gasteiger partial charge in [0.05, 0.1) is 0 Å². The Bertz CT molecular complexity index is 625. The Labute approximate surface area is 126 Å². The van der Waals surface area contributed by atoms with Crippen molar-refractivity contribution in [3.05, 3.63) is 53.3 Å². The zero-order valence-electron chi connectivity index (χ0n) is 12.8. The third-order valence-electron chi connectivity index (χ3n) is 4.51. The number of phenols is 1. The molecule has 0 saturated heterocycles. The Balaban J connectivity index is 1.77. The molecule has 0 spiro atoms. The Morgan fingerprint density at radius 2 is 1.95 bits per heavy atom. The highest BCUT2D eigenvalue weighted by atomic mass is 16.3. The molecule has 3 N–H and O–H groups in total. The quantitative estimate of drug-likeness (QED) is 0.907. The first-order chi connectivity index (χ1) is 9.94. The first kappa shape index (κ1) is 14.2. The van der Waals surface area contributed by atoms with Gasteiger partial charge in [-0.05, 0) is 54.0 Å². The van der Waals surface area contributed by atoms with Crippen LogP contribution in [-0.2, 0) is 19.4 Å². The Kier molecular flexibility index (Phi) is 3.54. The van der Waals surface area contributed by atoms with Gasteiger partial charge in [0, 0.05) is 24.5 Å². The standard InChI is InChI=1S/C18H24N2O/c1-18(2)11-16(19)15-8-10-20(17(15)12-18)9-7-13-3-5-14(21)6-4-13/h3-6,8,10,16,21H,7,9,11-12,19H2,1-2H3. The van der Waals surface area contributed by atoms with Gasteiger partial charge in [-0.2, -0.15) is 0 Å². The van der Waals surface area contributed by atoms with Crippen LogP contribution in [0.1, 0.15) is 43.1 Å². The number of fused-ring (bicyclic) bond motifs is 1. The summed E-state index contributed by atoms with van der Waals surface area (Å²) in [5, 5.41) is 9.33. The fraction of sp³-hybridized carbons (Fsp3) is 0.444. The van der Waals surface area contributed by atoms with E-state index in [1.165, 1.54) is 16.8 Å². The molecule has 0 fully saturated rings. The molecular weight excluding hydrogens is 260 g/mol. The number of hydrogen-bond donors (Lipinski definition) is 2. The molecule has 1 aromatic heterocycles. The molecule has 0 saturated carbocycles. The molecule has 21 heavy (non-hydrogen) atoms. The third-order valence-corrected chi connectivity index (χ3v) is 4.51. The molecule has 2 aromatic rings. The van der Waals surface area contributed by atoms with Crippen LogP contribution in [0, 0.1) is 5.41 Å². The van der Waals surface area contributed by atoms with Gasteiger partial charge in [-0.25, -0.2) is 0 Å². The van der Waals surface area contributed by atoms with E-state index in [4.69, 9.17) is 5.73 Å². The summed E-state index contributed by atoms with van der Waals surface area (Å²) >= 11 is 0. The first-order valence-corrected chi connectivity index (χ1v) is 7.66. The van der Waals surface area contributed by atoms with Gasteiger partial charge in [0.15, 0.2) is 0 Å². The maximum absolute atomic E-state index is 9.33. The number of phenolic OH excluding ortho intramolecular Hbond substituents is 1. The highest BCUT2D eigenvalue weighted by Gasteiger charge is 2.32. The van der Waals surface area contributed by atoms with E-state index in [9.17, 15) is 5.11 Å². The molecule has 3 rings (SSSR count). The van der Waals surface area contributed by atoms with E-state index in [-0.39, 0.29) is 11.5 Å². The van der Waals surface area contributed by atoms with Crippen LogP contribution in [0.15, 0.2) is 36.5 Å². The van der Waals surface area contributed by atoms with Crippen molar-refractivity contribution in [3.8, 4) is 5.75 Å². The molecule has 112 valence electrons. The summed E-state index contributed by atoms with van der Waals surface area (Å²) in [6.07, 6.45) is 5.30.